The molecule has 4 heteroatoms. The maximum atomic E-state index is 11.9. The Morgan fingerprint density at radius 1 is 1.53 bits per heavy atom. The normalized spacial score (nSPS) is 23.6. The lowest BCUT2D eigenvalue weighted by Gasteiger charge is -2.15. The van der Waals surface area contributed by atoms with Crippen molar-refractivity contribution >= 4 is 5.91 Å². The summed E-state index contributed by atoms with van der Waals surface area (Å²) >= 11 is 0. The van der Waals surface area contributed by atoms with E-state index in [4.69, 9.17) is 0 Å². The second kappa shape index (κ2) is 5.77. The van der Waals surface area contributed by atoms with Crippen molar-refractivity contribution in [3.63, 3.8) is 0 Å². The van der Waals surface area contributed by atoms with Crippen LogP contribution < -0.4 is 10.6 Å². The zero-order valence-electron chi connectivity index (χ0n) is 10.1. The smallest absolute Gasteiger partial charge is 0.237 e. The molecule has 2 atom stereocenters. The quantitative estimate of drug-likeness (QED) is 0.806. The summed E-state index contributed by atoms with van der Waals surface area (Å²) in [5.74, 6) is 0.569. The van der Waals surface area contributed by atoms with Gasteiger partial charge in [-0.15, -0.1) is 0 Å². The summed E-state index contributed by atoms with van der Waals surface area (Å²) in [4.78, 5) is 15.8. The van der Waals surface area contributed by atoms with E-state index in [-0.39, 0.29) is 11.9 Å². The number of carbonyl (C=O) groups excluding carboxylic acids is 1. The standard InChI is InChI=1S/C13H19N3O/c1-10-2-8-15-12(10)13(17)16-9-5-11-3-6-14-7-4-11/h3-4,6-7,10,12,15H,2,5,8-9H2,1H3,(H,16,17). The number of nitrogens with one attached hydrogen (secondary N) is 2. The highest BCUT2D eigenvalue weighted by atomic mass is 16.2. The molecule has 0 aliphatic carbocycles. The van der Waals surface area contributed by atoms with Gasteiger partial charge in [0.05, 0.1) is 6.04 Å². The molecule has 1 fully saturated rings. The Hall–Kier alpha value is -1.42. The maximum Gasteiger partial charge on any atom is 0.237 e. The topological polar surface area (TPSA) is 54.0 Å². The van der Waals surface area contributed by atoms with Gasteiger partial charge in [0, 0.05) is 18.9 Å². The van der Waals surface area contributed by atoms with Crippen LogP contribution in [0, 0.1) is 5.92 Å². The number of hydrogen-bond donors (Lipinski definition) is 2. The highest BCUT2D eigenvalue weighted by molar-refractivity contribution is 5.82. The van der Waals surface area contributed by atoms with Crippen LogP contribution >= 0.6 is 0 Å². The second-order valence-corrected chi connectivity index (χ2v) is 4.59. The van der Waals surface area contributed by atoms with Crippen LogP contribution in [0.4, 0.5) is 0 Å². The molecule has 1 amide bonds. The SMILES string of the molecule is CC1CCNC1C(=O)NCCc1ccncc1. The Labute approximate surface area is 102 Å². The van der Waals surface area contributed by atoms with Gasteiger partial charge in [-0.05, 0) is 43.0 Å². The Bertz CT molecular complexity index is 366. The Morgan fingerprint density at radius 2 is 2.29 bits per heavy atom. The van der Waals surface area contributed by atoms with Crippen molar-refractivity contribution in [3.05, 3.63) is 30.1 Å². The monoisotopic (exact) mass is 233 g/mol. The summed E-state index contributed by atoms with van der Waals surface area (Å²) in [5.41, 5.74) is 1.20. The molecular formula is C13H19N3O. The number of carbonyl (C=O) groups is 1. The molecule has 1 saturated heterocycles. The van der Waals surface area contributed by atoms with Gasteiger partial charge in [0.2, 0.25) is 5.91 Å². The third kappa shape index (κ3) is 3.27. The Kier molecular flexibility index (Phi) is 4.09. The fraction of sp³-hybridized carbons (Fsp3) is 0.538. The van der Waals surface area contributed by atoms with E-state index in [0.29, 0.717) is 12.5 Å². The molecule has 2 heterocycles. The van der Waals surface area contributed by atoms with Crippen molar-refractivity contribution in [2.24, 2.45) is 5.92 Å². The second-order valence-electron chi connectivity index (χ2n) is 4.59. The molecule has 0 spiro atoms. The summed E-state index contributed by atoms with van der Waals surface area (Å²) in [6.07, 6.45) is 5.49. The van der Waals surface area contributed by atoms with Gasteiger partial charge < -0.3 is 10.6 Å². The third-order valence-electron chi connectivity index (χ3n) is 3.28. The van der Waals surface area contributed by atoms with Crippen LogP contribution in [0.5, 0.6) is 0 Å². The number of nitrogens with zero attached hydrogens (tertiary/aromatic N) is 1. The molecule has 0 bridgehead atoms. The number of rotatable bonds is 4. The lowest BCUT2D eigenvalue weighted by molar-refractivity contribution is -0.123. The molecule has 17 heavy (non-hydrogen) atoms. The Balaban J connectivity index is 1.73. The van der Waals surface area contributed by atoms with Gasteiger partial charge in [0.1, 0.15) is 0 Å². The average Bonchev–Trinajstić information content (AvgIpc) is 2.77. The van der Waals surface area contributed by atoms with Crippen LogP contribution in [0.15, 0.2) is 24.5 Å². The minimum absolute atomic E-state index is 0.00700. The first-order valence-electron chi connectivity index (χ1n) is 6.17. The van der Waals surface area contributed by atoms with Gasteiger partial charge >= 0.3 is 0 Å². The van der Waals surface area contributed by atoms with Gasteiger partial charge in [-0.3, -0.25) is 9.78 Å². The van der Waals surface area contributed by atoms with Crippen LogP contribution in [0.1, 0.15) is 18.9 Å². The number of hydrogen-bond acceptors (Lipinski definition) is 3. The van der Waals surface area contributed by atoms with E-state index in [1.807, 2.05) is 12.1 Å². The lowest BCUT2D eigenvalue weighted by Crippen LogP contribution is -2.43. The third-order valence-corrected chi connectivity index (χ3v) is 3.28. The van der Waals surface area contributed by atoms with Gasteiger partial charge in [0.25, 0.3) is 0 Å². The zero-order chi connectivity index (χ0) is 12.1. The molecule has 1 aliphatic heterocycles. The molecule has 1 aliphatic rings. The summed E-state index contributed by atoms with van der Waals surface area (Å²) in [6, 6.07) is 3.94. The molecule has 4 nitrogen and oxygen atoms in total. The van der Waals surface area contributed by atoms with Crippen molar-refractivity contribution in [3.8, 4) is 0 Å². The van der Waals surface area contributed by atoms with E-state index < -0.39 is 0 Å². The van der Waals surface area contributed by atoms with Gasteiger partial charge in [0.15, 0.2) is 0 Å². The minimum atomic E-state index is -0.00700. The van der Waals surface area contributed by atoms with E-state index in [1.165, 1.54) is 5.56 Å². The van der Waals surface area contributed by atoms with Crippen LogP contribution in [0.3, 0.4) is 0 Å². The highest BCUT2D eigenvalue weighted by Crippen LogP contribution is 2.14. The molecular weight excluding hydrogens is 214 g/mol. The van der Waals surface area contributed by atoms with E-state index in [2.05, 4.69) is 22.5 Å². The molecule has 92 valence electrons. The first-order valence-corrected chi connectivity index (χ1v) is 6.17. The molecule has 0 aromatic carbocycles. The van der Waals surface area contributed by atoms with Gasteiger partial charge in [-0.1, -0.05) is 6.92 Å². The number of amides is 1. The molecule has 0 saturated carbocycles. The fourth-order valence-corrected chi connectivity index (χ4v) is 2.17. The average molecular weight is 233 g/mol. The zero-order valence-corrected chi connectivity index (χ0v) is 10.1. The molecule has 0 radical (unpaired) electrons. The largest absolute Gasteiger partial charge is 0.354 e. The first kappa shape index (κ1) is 12.0. The van der Waals surface area contributed by atoms with Gasteiger partial charge in [-0.25, -0.2) is 0 Å². The van der Waals surface area contributed by atoms with Crippen molar-refractivity contribution in [1.82, 2.24) is 15.6 Å². The van der Waals surface area contributed by atoms with Crippen molar-refractivity contribution in [2.75, 3.05) is 13.1 Å². The number of aromatic nitrogens is 1. The minimum Gasteiger partial charge on any atom is -0.354 e. The van der Waals surface area contributed by atoms with Crippen molar-refractivity contribution < 1.29 is 4.79 Å². The van der Waals surface area contributed by atoms with Crippen LogP contribution in [0.2, 0.25) is 0 Å². The fourth-order valence-electron chi connectivity index (χ4n) is 2.17. The molecule has 2 N–H and O–H groups in total. The summed E-state index contributed by atoms with van der Waals surface area (Å²) in [5, 5.41) is 6.21. The van der Waals surface area contributed by atoms with E-state index in [1.54, 1.807) is 12.4 Å². The number of pyridine rings is 1. The predicted octanol–water partition coefficient (Wildman–Crippen LogP) is 0.738. The molecule has 2 rings (SSSR count). The van der Waals surface area contributed by atoms with E-state index in [0.717, 1.165) is 19.4 Å². The van der Waals surface area contributed by atoms with E-state index in [9.17, 15) is 4.79 Å². The van der Waals surface area contributed by atoms with Crippen LogP contribution in [-0.4, -0.2) is 30.0 Å². The lowest BCUT2D eigenvalue weighted by atomic mass is 10.0. The van der Waals surface area contributed by atoms with Crippen molar-refractivity contribution in [1.29, 1.82) is 0 Å². The van der Waals surface area contributed by atoms with E-state index >= 15 is 0 Å². The van der Waals surface area contributed by atoms with Gasteiger partial charge in [-0.2, -0.15) is 0 Å². The van der Waals surface area contributed by atoms with Crippen LogP contribution in [-0.2, 0) is 11.2 Å². The van der Waals surface area contributed by atoms with Crippen molar-refractivity contribution in [2.45, 2.75) is 25.8 Å². The summed E-state index contributed by atoms with van der Waals surface area (Å²) in [6.45, 7) is 3.75. The van der Waals surface area contributed by atoms with Crippen LogP contribution in [0.25, 0.3) is 0 Å². The summed E-state index contributed by atoms with van der Waals surface area (Å²) < 4.78 is 0. The maximum absolute atomic E-state index is 11.9. The molecule has 1 aromatic heterocycles. The summed E-state index contributed by atoms with van der Waals surface area (Å²) in [7, 11) is 0. The highest BCUT2D eigenvalue weighted by Gasteiger charge is 2.28. The first-order chi connectivity index (χ1) is 8.27. The molecule has 2 unspecified atom stereocenters. The molecule has 1 aromatic rings. The Morgan fingerprint density at radius 3 is 2.94 bits per heavy atom. The predicted molar refractivity (Wildman–Crippen MR) is 66.5 cm³/mol.